The Hall–Kier alpha value is -2.99. The second kappa shape index (κ2) is 7.32. The number of hydrogen-bond donors (Lipinski definition) is 2. The fourth-order valence-corrected chi connectivity index (χ4v) is 3.33. The van der Waals surface area contributed by atoms with Crippen LogP contribution in [0.1, 0.15) is 28.3 Å². The lowest BCUT2D eigenvalue weighted by Crippen LogP contribution is -2.27. The maximum Gasteiger partial charge on any atom is 0.0782 e. The molecule has 1 heterocycles. The Morgan fingerprint density at radius 1 is 1.04 bits per heavy atom. The van der Waals surface area contributed by atoms with Gasteiger partial charge >= 0.3 is 0 Å². The number of anilines is 1. The van der Waals surface area contributed by atoms with Crippen LogP contribution in [0.15, 0.2) is 77.8 Å². The van der Waals surface area contributed by atoms with E-state index in [1.807, 2.05) is 30.3 Å². The standard InChI is InChI=1S/C22H21N4O/c1-15-7-9-16(10-8-15)14-24-22-19-13-18(26(23)27)11-12-20(19)25-21(22)17-5-3-2-4-6-17/h2-13,22,24H,14,23H2,1H3/q-1. The summed E-state index contributed by atoms with van der Waals surface area (Å²) < 4.78 is 0. The maximum absolute atomic E-state index is 11.6. The van der Waals surface area contributed by atoms with Crippen LogP contribution in [0.25, 0.3) is 0 Å². The molecule has 0 spiro atoms. The Kier molecular flexibility index (Phi) is 4.73. The molecule has 0 saturated carbocycles. The SMILES string of the molecule is Cc1ccc(CNC2C(c3ccccc3)=Nc3ccc(N(N)[O-])cc32)cc1. The molecular weight excluding hydrogens is 336 g/mol. The molecule has 1 aliphatic rings. The summed E-state index contributed by atoms with van der Waals surface area (Å²) in [7, 11) is 0. The Morgan fingerprint density at radius 2 is 1.78 bits per heavy atom. The number of nitrogens with one attached hydrogen (secondary N) is 1. The molecule has 0 fully saturated rings. The lowest BCUT2D eigenvalue weighted by Gasteiger charge is -2.25. The highest BCUT2D eigenvalue weighted by Crippen LogP contribution is 2.38. The molecule has 3 aromatic rings. The van der Waals surface area contributed by atoms with Gasteiger partial charge in [-0.2, -0.15) is 0 Å². The number of hydrazine groups is 1. The van der Waals surface area contributed by atoms with Crippen molar-refractivity contribution >= 4 is 17.1 Å². The van der Waals surface area contributed by atoms with E-state index in [2.05, 4.69) is 48.6 Å². The monoisotopic (exact) mass is 357 g/mol. The highest BCUT2D eigenvalue weighted by atomic mass is 16.5. The van der Waals surface area contributed by atoms with Gasteiger partial charge in [-0.05, 0) is 36.2 Å². The zero-order chi connectivity index (χ0) is 18.8. The van der Waals surface area contributed by atoms with Crippen LogP contribution in [-0.2, 0) is 6.54 Å². The molecule has 4 rings (SSSR count). The number of nitrogens with zero attached hydrogens (tertiary/aromatic N) is 2. The first-order chi connectivity index (χ1) is 13.1. The number of nitrogens with two attached hydrogens (primary N) is 1. The van der Waals surface area contributed by atoms with Crippen LogP contribution in [0.3, 0.4) is 0 Å². The third kappa shape index (κ3) is 3.61. The molecule has 0 radical (unpaired) electrons. The summed E-state index contributed by atoms with van der Waals surface area (Å²) in [6, 6.07) is 23.8. The van der Waals surface area contributed by atoms with Gasteiger partial charge in [-0.25, -0.2) is 0 Å². The van der Waals surface area contributed by atoms with Crippen molar-refractivity contribution in [1.29, 1.82) is 0 Å². The van der Waals surface area contributed by atoms with Gasteiger partial charge in [0, 0.05) is 17.8 Å². The van der Waals surface area contributed by atoms with Gasteiger partial charge in [0.2, 0.25) is 0 Å². The zero-order valence-corrected chi connectivity index (χ0v) is 15.1. The molecule has 5 nitrogen and oxygen atoms in total. The summed E-state index contributed by atoms with van der Waals surface area (Å²) in [5, 5.41) is 15.5. The molecule has 0 bridgehead atoms. The molecule has 27 heavy (non-hydrogen) atoms. The number of aryl methyl sites for hydroxylation is 1. The normalized spacial score (nSPS) is 15.4. The molecule has 3 aromatic carbocycles. The fourth-order valence-electron chi connectivity index (χ4n) is 3.33. The van der Waals surface area contributed by atoms with E-state index in [9.17, 15) is 5.21 Å². The van der Waals surface area contributed by atoms with E-state index in [4.69, 9.17) is 10.8 Å². The molecule has 1 atom stereocenters. The Balaban J connectivity index is 1.67. The van der Waals surface area contributed by atoms with Crippen LogP contribution in [-0.4, -0.2) is 5.71 Å². The van der Waals surface area contributed by atoms with Crippen LogP contribution in [0.4, 0.5) is 11.4 Å². The van der Waals surface area contributed by atoms with Crippen molar-refractivity contribution in [2.45, 2.75) is 19.5 Å². The first-order valence-corrected chi connectivity index (χ1v) is 8.90. The van der Waals surface area contributed by atoms with Crippen molar-refractivity contribution in [2.24, 2.45) is 10.8 Å². The molecule has 0 amide bonds. The van der Waals surface area contributed by atoms with Crippen LogP contribution in [0.5, 0.6) is 0 Å². The lowest BCUT2D eigenvalue weighted by atomic mass is 9.98. The van der Waals surface area contributed by atoms with E-state index in [0.29, 0.717) is 17.4 Å². The molecule has 0 saturated heterocycles. The van der Waals surface area contributed by atoms with E-state index in [-0.39, 0.29) is 6.04 Å². The van der Waals surface area contributed by atoms with Crippen molar-refractivity contribution in [3.05, 3.63) is 100 Å². The minimum Gasteiger partial charge on any atom is -0.743 e. The average molecular weight is 357 g/mol. The van der Waals surface area contributed by atoms with Crippen molar-refractivity contribution < 1.29 is 0 Å². The predicted molar refractivity (Wildman–Crippen MR) is 110 cm³/mol. The van der Waals surface area contributed by atoms with Gasteiger partial charge in [-0.1, -0.05) is 60.2 Å². The predicted octanol–water partition coefficient (Wildman–Crippen LogP) is 4.14. The summed E-state index contributed by atoms with van der Waals surface area (Å²) in [6.07, 6.45) is 0. The van der Waals surface area contributed by atoms with Gasteiger partial charge in [0.1, 0.15) is 0 Å². The fraction of sp³-hybridized carbons (Fsp3) is 0.136. The summed E-state index contributed by atoms with van der Waals surface area (Å²) in [4.78, 5) is 4.82. The summed E-state index contributed by atoms with van der Waals surface area (Å²) in [5.41, 5.74) is 6.68. The van der Waals surface area contributed by atoms with E-state index in [1.165, 1.54) is 11.1 Å². The molecule has 1 unspecified atom stereocenters. The van der Waals surface area contributed by atoms with Gasteiger partial charge in [-0.3, -0.25) is 10.8 Å². The molecule has 3 N–H and O–H groups in total. The van der Waals surface area contributed by atoms with Crippen molar-refractivity contribution in [2.75, 3.05) is 5.17 Å². The van der Waals surface area contributed by atoms with Crippen molar-refractivity contribution in [3.8, 4) is 0 Å². The topological polar surface area (TPSA) is 76.7 Å². The first kappa shape index (κ1) is 17.4. The molecular formula is C22H21N4O-. The van der Waals surface area contributed by atoms with Crippen LogP contribution >= 0.6 is 0 Å². The van der Waals surface area contributed by atoms with Gasteiger partial charge in [-0.15, -0.1) is 0 Å². The minimum absolute atomic E-state index is 0.108. The second-order valence-electron chi connectivity index (χ2n) is 6.73. The van der Waals surface area contributed by atoms with Gasteiger partial charge in [0.25, 0.3) is 0 Å². The van der Waals surface area contributed by atoms with Crippen LogP contribution in [0, 0.1) is 12.1 Å². The number of fused-ring (bicyclic) bond motifs is 1. The lowest BCUT2D eigenvalue weighted by molar-refractivity contribution is 0.655. The summed E-state index contributed by atoms with van der Waals surface area (Å²) in [6.45, 7) is 2.78. The zero-order valence-electron chi connectivity index (χ0n) is 15.1. The largest absolute Gasteiger partial charge is 0.743 e. The Labute approximate surface area is 158 Å². The summed E-state index contributed by atoms with van der Waals surface area (Å²) in [5.74, 6) is 5.40. The van der Waals surface area contributed by atoms with E-state index in [0.717, 1.165) is 22.5 Å². The number of rotatable bonds is 5. The van der Waals surface area contributed by atoms with Gasteiger partial charge in [0.15, 0.2) is 0 Å². The van der Waals surface area contributed by atoms with E-state index < -0.39 is 0 Å². The summed E-state index contributed by atoms with van der Waals surface area (Å²) >= 11 is 0. The second-order valence-corrected chi connectivity index (χ2v) is 6.73. The number of hydrogen-bond acceptors (Lipinski definition) is 5. The first-order valence-electron chi connectivity index (χ1n) is 8.90. The Morgan fingerprint density at radius 3 is 2.48 bits per heavy atom. The van der Waals surface area contributed by atoms with E-state index >= 15 is 0 Å². The van der Waals surface area contributed by atoms with Crippen LogP contribution in [0.2, 0.25) is 0 Å². The van der Waals surface area contributed by atoms with Gasteiger partial charge in [0.05, 0.1) is 17.4 Å². The smallest absolute Gasteiger partial charge is 0.0782 e. The van der Waals surface area contributed by atoms with Crippen molar-refractivity contribution in [3.63, 3.8) is 0 Å². The Bertz CT molecular complexity index is 965. The van der Waals surface area contributed by atoms with Crippen molar-refractivity contribution in [1.82, 2.24) is 5.32 Å². The minimum atomic E-state index is -0.108. The highest BCUT2D eigenvalue weighted by Gasteiger charge is 2.28. The maximum atomic E-state index is 11.6. The molecule has 136 valence electrons. The third-order valence-corrected chi connectivity index (χ3v) is 4.79. The molecule has 0 aromatic heterocycles. The average Bonchev–Trinajstić information content (AvgIpc) is 3.06. The number of benzene rings is 3. The molecule has 0 aliphatic carbocycles. The quantitative estimate of drug-likeness (QED) is 0.531. The highest BCUT2D eigenvalue weighted by molar-refractivity contribution is 6.09. The molecule has 5 heteroatoms. The van der Waals surface area contributed by atoms with Crippen LogP contribution < -0.4 is 16.3 Å². The third-order valence-electron chi connectivity index (χ3n) is 4.79. The van der Waals surface area contributed by atoms with Gasteiger partial charge < -0.3 is 15.7 Å². The number of aliphatic imine (C=N–C) groups is 1. The molecule has 1 aliphatic heterocycles. The van der Waals surface area contributed by atoms with E-state index in [1.54, 1.807) is 6.07 Å².